The molecule has 6 heteroatoms. The van der Waals surface area contributed by atoms with Gasteiger partial charge in [-0.2, -0.15) is 0 Å². The van der Waals surface area contributed by atoms with Crippen LogP contribution in [0, 0.1) is 0 Å². The minimum Gasteiger partial charge on any atom is -0.455 e. The summed E-state index contributed by atoms with van der Waals surface area (Å²) in [6.45, 7) is 0. The summed E-state index contributed by atoms with van der Waals surface area (Å²) < 4.78 is 12.8. The number of para-hydroxylation sites is 2. The maximum absolute atomic E-state index is 6.63. The Morgan fingerprint density at radius 2 is 0.978 bits per heavy atom. The Hall–Kier alpha value is -6.40. The predicted molar refractivity (Wildman–Crippen MR) is 182 cm³/mol. The Balaban J connectivity index is 1.19. The third kappa shape index (κ3) is 4.43. The van der Waals surface area contributed by atoms with Crippen molar-refractivity contribution in [1.29, 1.82) is 0 Å². The van der Waals surface area contributed by atoms with Crippen molar-refractivity contribution in [3.63, 3.8) is 0 Å². The second kappa shape index (κ2) is 10.6. The molecule has 0 aliphatic carbocycles. The molecule has 3 heterocycles. The molecule has 0 radical (unpaired) electrons. The number of aromatic nitrogens is 4. The molecule has 216 valence electrons. The van der Waals surface area contributed by atoms with E-state index in [2.05, 4.69) is 30.3 Å². The van der Waals surface area contributed by atoms with E-state index in [0.717, 1.165) is 66.4 Å². The van der Waals surface area contributed by atoms with E-state index in [4.69, 9.17) is 28.8 Å². The predicted octanol–water partition coefficient (Wildman–Crippen LogP) is 10.2. The van der Waals surface area contributed by atoms with Gasteiger partial charge in [-0.05, 0) is 42.0 Å². The van der Waals surface area contributed by atoms with Gasteiger partial charge >= 0.3 is 0 Å². The average Bonchev–Trinajstić information content (AvgIpc) is 3.74. The fraction of sp³-hybridized carbons (Fsp3) is 0. The molecule has 0 aliphatic rings. The molecule has 46 heavy (non-hydrogen) atoms. The van der Waals surface area contributed by atoms with Crippen molar-refractivity contribution >= 4 is 33.0 Å². The zero-order chi connectivity index (χ0) is 30.5. The van der Waals surface area contributed by atoms with Gasteiger partial charge in [-0.25, -0.2) is 19.9 Å². The maximum atomic E-state index is 6.63. The highest BCUT2D eigenvalue weighted by atomic mass is 16.3. The summed E-state index contributed by atoms with van der Waals surface area (Å²) in [6, 6.07) is 48.3. The molecule has 0 saturated carbocycles. The molecule has 0 spiro atoms. The molecule has 3 aromatic heterocycles. The first kappa shape index (κ1) is 26.0. The first-order valence-corrected chi connectivity index (χ1v) is 15.1. The largest absolute Gasteiger partial charge is 0.455 e. The van der Waals surface area contributed by atoms with E-state index in [9.17, 15) is 0 Å². The number of hydrogen-bond acceptors (Lipinski definition) is 6. The van der Waals surface area contributed by atoms with E-state index >= 15 is 0 Å². The number of nitrogens with zero attached hydrogens (tertiary/aromatic N) is 4. The van der Waals surface area contributed by atoms with Crippen molar-refractivity contribution in [2.45, 2.75) is 0 Å². The van der Waals surface area contributed by atoms with Crippen LogP contribution in [0.1, 0.15) is 0 Å². The fourth-order valence-electron chi connectivity index (χ4n) is 5.96. The maximum Gasteiger partial charge on any atom is 0.227 e. The molecule has 0 fully saturated rings. The van der Waals surface area contributed by atoms with Crippen molar-refractivity contribution in [2.75, 3.05) is 0 Å². The first-order chi connectivity index (χ1) is 22.8. The molecule has 0 N–H and O–H groups in total. The quantitative estimate of drug-likeness (QED) is 0.198. The number of fused-ring (bicyclic) bond motifs is 4. The Labute approximate surface area is 263 Å². The van der Waals surface area contributed by atoms with Crippen LogP contribution >= 0.6 is 0 Å². The van der Waals surface area contributed by atoms with Crippen LogP contribution in [0.2, 0.25) is 0 Å². The summed E-state index contributed by atoms with van der Waals surface area (Å²) >= 11 is 0. The van der Waals surface area contributed by atoms with Gasteiger partial charge in [0.25, 0.3) is 0 Å². The molecule has 9 aromatic rings. The van der Waals surface area contributed by atoms with Crippen LogP contribution in [0.5, 0.6) is 0 Å². The van der Waals surface area contributed by atoms with Gasteiger partial charge in [0, 0.05) is 33.0 Å². The third-order valence-corrected chi connectivity index (χ3v) is 8.19. The molecular formula is C40H24N4O2. The molecule has 0 bridgehead atoms. The van der Waals surface area contributed by atoms with Crippen molar-refractivity contribution in [1.82, 2.24) is 19.9 Å². The van der Waals surface area contributed by atoms with Gasteiger partial charge in [0.2, 0.25) is 5.89 Å². The molecular weight excluding hydrogens is 568 g/mol. The van der Waals surface area contributed by atoms with Crippen LogP contribution in [0.25, 0.3) is 89.8 Å². The highest BCUT2D eigenvalue weighted by Gasteiger charge is 2.19. The standard InChI is InChI=1S/C40H24N4O2/c1-4-12-25(13-5-1)37-42-38(26-14-6-2-7-15-26)44-39(43-37)32-20-10-19-31-30-23-22-28(24-34(30)45-36(31)32)29-18-11-21-33-35(29)41-40(46-33)27-16-8-3-9-17-27/h1-24H. The Morgan fingerprint density at radius 1 is 0.370 bits per heavy atom. The number of benzene rings is 6. The van der Waals surface area contributed by atoms with Gasteiger partial charge < -0.3 is 8.83 Å². The highest BCUT2D eigenvalue weighted by Crippen LogP contribution is 2.39. The van der Waals surface area contributed by atoms with Crippen molar-refractivity contribution in [3.05, 3.63) is 146 Å². The SMILES string of the molecule is c1ccc(-c2nc(-c3ccccc3)nc(-c3cccc4c3oc3cc(-c5cccc6oc(-c7ccccc7)nc56)ccc34)n2)cc1. The minimum absolute atomic E-state index is 0.554. The van der Waals surface area contributed by atoms with E-state index < -0.39 is 0 Å². The van der Waals surface area contributed by atoms with Crippen LogP contribution in [-0.4, -0.2) is 19.9 Å². The lowest BCUT2D eigenvalue weighted by molar-refractivity contribution is 0.620. The first-order valence-electron chi connectivity index (χ1n) is 15.1. The second-order valence-electron chi connectivity index (χ2n) is 11.1. The van der Waals surface area contributed by atoms with E-state index in [1.165, 1.54) is 0 Å². The zero-order valence-corrected chi connectivity index (χ0v) is 24.5. The summed E-state index contributed by atoms with van der Waals surface area (Å²) in [5, 5.41) is 2.01. The van der Waals surface area contributed by atoms with E-state index in [0.29, 0.717) is 23.4 Å². The van der Waals surface area contributed by atoms with Crippen molar-refractivity contribution < 1.29 is 8.83 Å². The van der Waals surface area contributed by atoms with Crippen molar-refractivity contribution in [2.24, 2.45) is 0 Å². The van der Waals surface area contributed by atoms with E-state index in [1.807, 2.05) is 115 Å². The summed E-state index contributed by atoms with van der Waals surface area (Å²) in [6.07, 6.45) is 0. The summed E-state index contributed by atoms with van der Waals surface area (Å²) in [5.41, 5.74) is 8.59. The Bertz CT molecular complexity index is 2460. The van der Waals surface area contributed by atoms with Gasteiger partial charge in [-0.3, -0.25) is 0 Å². The molecule has 6 aromatic carbocycles. The number of oxazole rings is 1. The zero-order valence-electron chi connectivity index (χ0n) is 24.5. The van der Waals surface area contributed by atoms with Crippen LogP contribution in [0.15, 0.2) is 154 Å². The Morgan fingerprint density at radius 3 is 1.67 bits per heavy atom. The van der Waals surface area contributed by atoms with Gasteiger partial charge in [0.1, 0.15) is 16.7 Å². The van der Waals surface area contributed by atoms with Gasteiger partial charge in [-0.15, -0.1) is 0 Å². The summed E-state index contributed by atoms with van der Waals surface area (Å²) in [4.78, 5) is 19.6. The Kier molecular flexibility index (Phi) is 6.03. The molecule has 0 amide bonds. The minimum atomic E-state index is 0.554. The number of furan rings is 1. The molecule has 6 nitrogen and oxygen atoms in total. The monoisotopic (exact) mass is 592 g/mol. The number of hydrogen-bond donors (Lipinski definition) is 0. The second-order valence-corrected chi connectivity index (χ2v) is 11.1. The van der Waals surface area contributed by atoms with Gasteiger partial charge in [0.15, 0.2) is 23.1 Å². The van der Waals surface area contributed by atoms with E-state index in [-0.39, 0.29) is 0 Å². The molecule has 0 unspecified atom stereocenters. The van der Waals surface area contributed by atoms with Gasteiger partial charge in [-0.1, -0.05) is 109 Å². The lowest BCUT2D eigenvalue weighted by Gasteiger charge is -2.08. The third-order valence-electron chi connectivity index (χ3n) is 8.19. The molecule has 0 atom stereocenters. The smallest absolute Gasteiger partial charge is 0.227 e. The van der Waals surface area contributed by atoms with Crippen LogP contribution in [0.3, 0.4) is 0 Å². The number of rotatable bonds is 5. The van der Waals surface area contributed by atoms with Crippen LogP contribution < -0.4 is 0 Å². The van der Waals surface area contributed by atoms with Crippen LogP contribution in [0.4, 0.5) is 0 Å². The molecule has 0 aliphatic heterocycles. The van der Waals surface area contributed by atoms with Gasteiger partial charge in [0.05, 0.1) is 5.56 Å². The normalized spacial score (nSPS) is 11.5. The van der Waals surface area contributed by atoms with Crippen LogP contribution in [-0.2, 0) is 0 Å². The average molecular weight is 593 g/mol. The topological polar surface area (TPSA) is 77.8 Å². The fourth-order valence-corrected chi connectivity index (χ4v) is 5.96. The summed E-state index contributed by atoms with van der Waals surface area (Å²) in [7, 11) is 0. The van der Waals surface area contributed by atoms with Crippen molar-refractivity contribution in [3.8, 4) is 56.7 Å². The molecule has 9 rings (SSSR count). The molecule has 0 saturated heterocycles. The van der Waals surface area contributed by atoms with E-state index in [1.54, 1.807) is 0 Å². The highest BCUT2D eigenvalue weighted by molar-refractivity contribution is 6.10. The lowest BCUT2D eigenvalue weighted by atomic mass is 10.0. The lowest BCUT2D eigenvalue weighted by Crippen LogP contribution is -2.00. The summed E-state index contributed by atoms with van der Waals surface area (Å²) in [5.74, 6) is 2.36.